The summed E-state index contributed by atoms with van der Waals surface area (Å²) < 4.78 is 16.8. The van der Waals surface area contributed by atoms with Crippen LogP contribution in [0.3, 0.4) is 0 Å². The SMILES string of the molecule is CCCOc1ccccc1C(=O)Nc1ccc2c(c1)Cc1cc(NC(=O)c3ccccc3OCCNC(=O)OC(C)(C)C)ccc1-2.Cl.N=NN=N. The van der Waals surface area contributed by atoms with Crippen molar-refractivity contribution < 1.29 is 28.6 Å². The highest BCUT2D eigenvalue weighted by Gasteiger charge is 2.22. The molecule has 4 aromatic rings. The second-order valence-electron chi connectivity index (χ2n) is 12.1. The number of alkyl carbamates (subject to hydrolysis) is 1. The summed E-state index contributed by atoms with van der Waals surface area (Å²) in [7, 11) is 0. The molecular weight excluding hydrogens is 674 g/mol. The van der Waals surface area contributed by atoms with E-state index in [0.717, 1.165) is 28.7 Å². The molecule has 13 nitrogen and oxygen atoms in total. The molecule has 0 fully saturated rings. The molecule has 0 saturated carbocycles. The lowest BCUT2D eigenvalue weighted by atomic mass is 10.0. The highest BCUT2D eigenvalue weighted by molar-refractivity contribution is 6.07. The van der Waals surface area contributed by atoms with Gasteiger partial charge < -0.3 is 30.2 Å². The minimum absolute atomic E-state index is 0. The molecule has 0 atom stereocenters. The zero-order chi connectivity index (χ0) is 36.1. The number of para-hydroxylation sites is 2. The van der Waals surface area contributed by atoms with Gasteiger partial charge in [-0.15, -0.1) is 12.4 Å². The van der Waals surface area contributed by atoms with Gasteiger partial charge in [0.1, 0.15) is 23.7 Å². The number of hydrogen-bond acceptors (Lipinski definition) is 8. The second kappa shape index (κ2) is 18.8. The summed E-state index contributed by atoms with van der Waals surface area (Å²) in [6, 6.07) is 26.0. The normalized spacial score (nSPS) is 10.8. The fraction of sp³-hybridized carbons (Fsp3) is 0.270. The Morgan fingerprint density at radius 1 is 0.725 bits per heavy atom. The van der Waals surface area contributed by atoms with E-state index in [4.69, 9.17) is 25.3 Å². The quantitative estimate of drug-likeness (QED) is 0.0487. The third-order valence-electron chi connectivity index (χ3n) is 7.20. The Morgan fingerprint density at radius 2 is 1.20 bits per heavy atom. The molecule has 268 valence electrons. The Bertz CT molecular complexity index is 1860. The van der Waals surface area contributed by atoms with Crippen molar-refractivity contribution in [2.75, 3.05) is 30.4 Å². The van der Waals surface area contributed by atoms with E-state index in [1.54, 1.807) is 57.2 Å². The average Bonchev–Trinajstić information content (AvgIpc) is 3.45. The van der Waals surface area contributed by atoms with Crippen LogP contribution in [0.5, 0.6) is 11.5 Å². The maximum Gasteiger partial charge on any atom is 0.407 e. The van der Waals surface area contributed by atoms with Gasteiger partial charge in [-0.3, -0.25) is 9.59 Å². The average molecular weight is 716 g/mol. The molecule has 1 aliphatic carbocycles. The van der Waals surface area contributed by atoms with Crippen LogP contribution in [0.4, 0.5) is 16.2 Å². The number of anilines is 2. The van der Waals surface area contributed by atoms with Crippen molar-refractivity contribution in [3.8, 4) is 22.6 Å². The van der Waals surface area contributed by atoms with E-state index in [2.05, 4.69) is 26.4 Å². The standard InChI is InChI=1S/C37H39N3O6.ClH.H2N4/c1-5-19-44-32-12-8-6-10-30(32)34(41)39-26-14-16-28-24(22-26)21-25-23-27(15-17-29(25)28)40-35(42)31-11-7-9-13-33(31)45-20-18-38-36(43)46-37(2,3)4;;1-3-4-2/h6-17,22-23H,5,18-21H2,1-4H3,(H,38,43)(H,39,41)(H,40,42);1H;1-2H. The first-order valence-corrected chi connectivity index (χ1v) is 16.1. The van der Waals surface area contributed by atoms with Crippen molar-refractivity contribution in [2.24, 2.45) is 10.4 Å². The predicted octanol–water partition coefficient (Wildman–Crippen LogP) is 8.84. The van der Waals surface area contributed by atoms with Crippen molar-refractivity contribution in [2.45, 2.75) is 46.1 Å². The summed E-state index contributed by atoms with van der Waals surface area (Å²) in [5.74, 6) is 0.443. The van der Waals surface area contributed by atoms with Crippen LogP contribution in [0.25, 0.3) is 11.1 Å². The van der Waals surface area contributed by atoms with Gasteiger partial charge >= 0.3 is 6.09 Å². The summed E-state index contributed by atoms with van der Waals surface area (Å²) in [6.07, 6.45) is 0.990. The Labute approximate surface area is 302 Å². The molecular formula is C37H42ClN7O6. The minimum Gasteiger partial charge on any atom is -0.493 e. The van der Waals surface area contributed by atoms with Crippen LogP contribution in [-0.2, 0) is 11.2 Å². The molecule has 0 unspecified atom stereocenters. The molecule has 5 rings (SSSR count). The number of ether oxygens (including phenoxy) is 3. The highest BCUT2D eigenvalue weighted by Crippen LogP contribution is 2.39. The summed E-state index contributed by atoms with van der Waals surface area (Å²) in [5, 5.41) is 13.2. The first kappa shape index (κ1) is 39.6. The van der Waals surface area contributed by atoms with Crippen LogP contribution in [-0.4, -0.2) is 43.3 Å². The van der Waals surface area contributed by atoms with Crippen LogP contribution in [0.15, 0.2) is 95.4 Å². The number of hydrogen-bond donors (Lipinski definition) is 5. The molecule has 14 heteroatoms. The van der Waals surface area contributed by atoms with Crippen LogP contribution in [0.2, 0.25) is 0 Å². The number of nitrogens with one attached hydrogen (secondary N) is 5. The molecule has 0 spiro atoms. The van der Waals surface area contributed by atoms with E-state index < -0.39 is 11.7 Å². The molecule has 0 aromatic heterocycles. The number of amides is 3. The maximum absolute atomic E-state index is 13.3. The van der Waals surface area contributed by atoms with E-state index in [1.165, 1.54) is 0 Å². The Morgan fingerprint density at radius 3 is 1.65 bits per heavy atom. The summed E-state index contributed by atoms with van der Waals surface area (Å²) in [5.41, 5.74) is 17.4. The van der Waals surface area contributed by atoms with Crippen LogP contribution < -0.4 is 25.4 Å². The molecule has 0 radical (unpaired) electrons. The Kier molecular flexibility index (Phi) is 14.6. The predicted molar refractivity (Wildman–Crippen MR) is 197 cm³/mol. The molecule has 1 aliphatic rings. The fourth-order valence-corrected chi connectivity index (χ4v) is 5.16. The van der Waals surface area contributed by atoms with Crippen molar-refractivity contribution in [1.29, 1.82) is 11.1 Å². The molecule has 3 amide bonds. The van der Waals surface area contributed by atoms with Crippen molar-refractivity contribution in [1.82, 2.24) is 5.32 Å². The summed E-state index contributed by atoms with van der Waals surface area (Å²) in [6.45, 7) is 8.34. The lowest BCUT2D eigenvalue weighted by Gasteiger charge is -2.19. The molecule has 5 N–H and O–H groups in total. The van der Waals surface area contributed by atoms with Gasteiger partial charge in [0.15, 0.2) is 0 Å². The van der Waals surface area contributed by atoms with Crippen molar-refractivity contribution >= 4 is 41.7 Å². The number of rotatable bonds is 12. The number of nitrogens with zero attached hydrogens (tertiary/aromatic N) is 2. The zero-order valence-electron chi connectivity index (χ0n) is 28.9. The largest absolute Gasteiger partial charge is 0.493 e. The zero-order valence-corrected chi connectivity index (χ0v) is 29.7. The first-order chi connectivity index (χ1) is 24.0. The van der Waals surface area contributed by atoms with Crippen molar-refractivity contribution in [3.05, 3.63) is 107 Å². The number of carbonyl (C=O) groups excluding carboxylic acids is 3. The van der Waals surface area contributed by atoms with Gasteiger partial charge in [-0.2, -0.15) is 11.1 Å². The van der Waals surface area contributed by atoms with Gasteiger partial charge in [-0.25, -0.2) is 4.79 Å². The molecule has 4 aromatic carbocycles. The van der Waals surface area contributed by atoms with Crippen LogP contribution >= 0.6 is 12.4 Å². The number of fused-ring (bicyclic) bond motifs is 3. The molecule has 0 bridgehead atoms. The summed E-state index contributed by atoms with van der Waals surface area (Å²) >= 11 is 0. The van der Waals surface area contributed by atoms with Gasteiger partial charge in [-0.1, -0.05) is 43.3 Å². The third kappa shape index (κ3) is 11.4. The molecule has 0 heterocycles. The van der Waals surface area contributed by atoms with Crippen LogP contribution in [0.1, 0.15) is 66.0 Å². The molecule has 0 aliphatic heterocycles. The van der Waals surface area contributed by atoms with E-state index in [1.807, 2.05) is 55.5 Å². The molecule has 0 saturated heterocycles. The van der Waals surface area contributed by atoms with E-state index in [-0.39, 0.29) is 37.4 Å². The topological polar surface area (TPSA) is 187 Å². The van der Waals surface area contributed by atoms with Gasteiger partial charge in [0, 0.05) is 11.4 Å². The third-order valence-corrected chi connectivity index (χ3v) is 7.20. The number of carbonyl (C=O) groups is 3. The second-order valence-corrected chi connectivity index (χ2v) is 12.1. The van der Waals surface area contributed by atoms with E-state index >= 15 is 0 Å². The Hall–Kier alpha value is -5.82. The molecule has 51 heavy (non-hydrogen) atoms. The van der Waals surface area contributed by atoms with E-state index in [0.29, 0.717) is 47.0 Å². The number of benzene rings is 4. The van der Waals surface area contributed by atoms with Gasteiger partial charge in [-0.05, 0) is 115 Å². The van der Waals surface area contributed by atoms with E-state index in [9.17, 15) is 14.4 Å². The monoisotopic (exact) mass is 715 g/mol. The summed E-state index contributed by atoms with van der Waals surface area (Å²) in [4.78, 5) is 38.2. The smallest absolute Gasteiger partial charge is 0.407 e. The number of halogens is 1. The Balaban J connectivity index is 0.00000133. The van der Waals surface area contributed by atoms with Crippen molar-refractivity contribution in [3.63, 3.8) is 0 Å². The van der Waals surface area contributed by atoms with Crippen LogP contribution in [0, 0.1) is 11.1 Å². The lowest BCUT2D eigenvalue weighted by molar-refractivity contribution is 0.0519. The first-order valence-electron chi connectivity index (χ1n) is 16.1. The van der Waals surface area contributed by atoms with Gasteiger partial charge in [0.25, 0.3) is 11.8 Å². The minimum atomic E-state index is -0.590. The lowest BCUT2D eigenvalue weighted by Crippen LogP contribution is -2.34. The highest BCUT2D eigenvalue weighted by atomic mass is 35.5. The maximum atomic E-state index is 13.3. The fourth-order valence-electron chi connectivity index (χ4n) is 5.16. The van der Waals surface area contributed by atoms with Gasteiger partial charge in [0.05, 0.1) is 24.3 Å². The van der Waals surface area contributed by atoms with Gasteiger partial charge in [0.2, 0.25) is 0 Å².